The molecule has 1 aromatic rings. The predicted molar refractivity (Wildman–Crippen MR) is 78.3 cm³/mol. The topological polar surface area (TPSA) is 41.1 Å². The Morgan fingerprint density at radius 3 is 2.21 bits per heavy atom. The highest BCUT2D eigenvalue weighted by Crippen LogP contribution is 2.24. The summed E-state index contributed by atoms with van der Waals surface area (Å²) >= 11 is 0. The number of aryl methyl sites for hydroxylation is 2. The average Bonchev–Trinajstić information content (AvgIpc) is 2.42. The van der Waals surface area contributed by atoms with Gasteiger partial charge < -0.3 is 5.32 Å². The van der Waals surface area contributed by atoms with Crippen LogP contribution in [-0.2, 0) is 0 Å². The Balaban J connectivity index is 2.27. The minimum atomic E-state index is 0.380. The zero-order valence-corrected chi connectivity index (χ0v) is 12.7. The summed E-state index contributed by atoms with van der Waals surface area (Å²) in [5.74, 6) is 1.02. The van der Waals surface area contributed by atoms with Gasteiger partial charge in [0, 0.05) is 37.6 Å². The van der Waals surface area contributed by atoms with Crippen LogP contribution >= 0.6 is 0 Å². The number of aromatic nitrogens is 2. The third-order valence-electron chi connectivity index (χ3n) is 4.10. The van der Waals surface area contributed by atoms with Crippen LogP contribution in [0.15, 0.2) is 0 Å². The monoisotopic (exact) mass is 262 g/mol. The fraction of sp³-hybridized carbons (Fsp3) is 0.733. The molecule has 1 saturated heterocycles. The van der Waals surface area contributed by atoms with Gasteiger partial charge in [-0.05, 0) is 32.8 Å². The maximum Gasteiger partial charge on any atom is 0.145 e. The van der Waals surface area contributed by atoms with Crippen LogP contribution in [0, 0.1) is 20.8 Å². The summed E-state index contributed by atoms with van der Waals surface area (Å²) in [5.41, 5.74) is 3.47. The average molecular weight is 262 g/mol. The van der Waals surface area contributed by atoms with Crippen molar-refractivity contribution in [2.45, 2.75) is 46.6 Å². The molecule has 1 unspecified atom stereocenters. The molecule has 1 aromatic heterocycles. The standard InChI is InChI=1S/C15H26N4/c1-5-6-14(19-9-7-16-8-10-19)15-17-12(3)11(2)13(4)18-15/h14,16H,5-10H2,1-4H3. The molecule has 1 N–H and O–H groups in total. The van der Waals surface area contributed by atoms with Gasteiger partial charge in [0.2, 0.25) is 0 Å². The third kappa shape index (κ3) is 3.31. The Labute approximate surface area is 116 Å². The van der Waals surface area contributed by atoms with E-state index in [2.05, 4.69) is 37.9 Å². The Hall–Kier alpha value is -1.00. The van der Waals surface area contributed by atoms with E-state index in [1.165, 1.54) is 12.0 Å². The number of hydrogen-bond donors (Lipinski definition) is 1. The van der Waals surface area contributed by atoms with Crippen LogP contribution in [0.5, 0.6) is 0 Å². The zero-order chi connectivity index (χ0) is 13.8. The van der Waals surface area contributed by atoms with Gasteiger partial charge in [-0.3, -0.25) is 4.90 Å². The molecule has 1 aliphatic rings. The van der Waals surface area contributed by atoms with E-state index in [0.717, 1.165) is 49.8 Å². The molecule has 0 spiro atoms. The van der Waals surface area contributed by atoms with Crippen molar-refractivity contribution < 1.29 is 0 Å². The smallest absolute Gasteiger partial charge is 0.145 e. The van der Waals surface area contributed by atoms with Crippen LogP contribution < -0.4 is 5.32 Å². The maximum absolute atomic E-state index is 4.75. The van der Waals surface area contributed by atoms with Crippen molar-refractivity contribution >= 4 is 0 Å². The summed E-state index contributed by atoms with van der Waals surface area (Å²) in [6, 6.07) is 0.380. The lowest BCUT2D eigenvalue weighted by Crippen LogP contribution is -2.45. The quantitative estimate of drug-likeness (QED) is 0.902. The molecule has 106 valence electrons. The van der Waals surface area contributed by atoms with Crippen molar-refractivity contribution in [3.05, 3.63) is 22.8 Å². The third-order valence-corrected chi connectivity index (χ3v) is 4.10. The predicted octanol–water partition coefficient (Wildman–Crippen LogP) is 2.15. The fourth-order valence-electron chi connectivity index (χ4n) is 2.69. The van der Waals surface area contributed by atoms with E-state index >= 15 is 0 Å². The van der Waals surface area contributed by atoms with E-state index in [1.807, 2.05) is 0 Å². The minimum absolute atomic E-state index is 0.380. The van der Waals surface area contributed by atoms with Gasteiger partial charge in [-0.25, -0.2) is 9.97 Å². The number of nitrogens with one attached hydrogen (secondary N) is 1. The molecule has 1 aliphatic heterocycles. The molecule has 1 fully saturated rings. The number of nitrogens with zero attached hydrogens (tertiary/aromatic N) is 3. The summed E-state index contributed by atoms with van der Waals surface area (Å²) < 4.78 is 0. The largest absolute Gasteiger partial charge is 0.314 e. The molecule has 2 rings (SSSR count). The first-order chi connectivity index (χ1) is 9.13. The van der Waals surface area contributed by atoms with Gasteiger partial charge in [0.1, 0.15) is 5.82 Å². The van der Waals surface area contributed by atoms with Crippen molar-refractivity contribution in [3.8, 4) is 0 Å². The van der Waals surface area contributed by atoms with E-state index in [1.54, 1.807) is 0 Å². The second-order valence-electron chi connectivity index (χ2n) is 5.47. The van der Waals surface area contributed by atoms with Gasteiger partial charge in [0.25, 0.3) is 0 Å². The Morgan fingerprint density at radius 2 is 1.68 bits per heavy atom. The normalized spacial score (nSPS) is 18.5. The zero-order valence-electron chi connectivity index (χ0n) is 12.7. The number of hydrogen-bond acceptors (Lipinski definition) is 4. The van der Waals surface area contributed by atoms with Crippen LogP contribution in [0.1, 0.15) is 48.6 Å². The Bertz CT molecular complexity index is 401. The van der Waals surface area contributed by atoms with Gasteiger partial charge in [-0.15, -0.1) is 0 Å². The van der Waals surface area contributed by atoms with Gasteiger partial charge in [0.15, 0.2) is 0 Å². The van der Waals surface area contributed by atoms with Crippen LogP contribution in [0.4, 0.5) is 0 Å². The summed E-state index contributed by atoms with van der Waals surface area (Å²) in [4.78, 5) is 12.0. The fourth-order valence-corrected chi connectivity index (χ4v) is 2.69. The molecule has 2 heterocycles. The minimum Gasteiger partial charge on any atom is -0.314 e. The van der Waals surface area contributed by atoms with Gasteiger partial charge in [-0.2, -0.15) is 0 Å². The highest BCUT2D eigenvalue weighted by atomic mass is 15.2. The van der Waals surface area contributed by atoms with E-state index in [9.17, 15) is 0 Å². The molecular formula is C15H26N4. The van der Waals surface area contributed by atoms with Gasteiger partial charge in [0.05, 0.1) is 6.04 Å². The molecule has 0 aliphatic carbocycles. The SMILES string of the molecule is CCCC(c1nc(C)c(C)c(C)n1)N1CCNCC1. The second kappa shape index (κ2) is 6.44. The highest BCUT2D eigenvalue weighted by molar-refractivity contribution is 5.23. The molecular weight excluding hydrogens is 236 g/mol. The van der Waals surface area contributed by atoms with E-state index in [-0.39, 0.29) is 0 Å². The molecule has 0 saturated carbocycles. The van der Waals surface area contributed by atoms with Crippen LogP contribution in [0.3, 0.4) is 0 Å². The molecule has 19 heavy (non-hydrogen) atoms. The molecule has 0 amide bonds. The first kappa shape index (κ1) is 14.4. The highest BCUT2D eigenvalue weighted by Gasteiger charge is 2.24. The van der Waals surface area contributed by atoms with Crippen molar-refractivity contribution in [1.29, 1.82) is 0 Å². The Kier molecular flexibility index (Phi) is 4.88. The lowest BCUT2D eigenvalue weighted by Gasteiger charge is -2.34. The molecule has 0 radical (unpaired) electrons. The molecule has 0 aromatic carbocycles. The molecule has 1 atom stereocenters. The lowest BCUT2D eigenvalue weighted by molar-refractivity contribution is 0.157. The molecule has 4 heteroatoms. The van der Waals surface area contributed by atoms with E-state index in [4.69, 9.17) is 9.97 Å². The first-order valence-corrected chi connectivity index (χ1v) is 7.40. The van der Waals surface area contributed by atoms with Crippen molar-refractivity contribution in [2.24, 2.45) is 0 Å². The van der Waals surface area contributed by atoms with Crippen LogP contribution in [0.25, 0.3) is 0 Å². The van der Waals surface area contributed by atoms with E-state index < -0.39 is 0 Å². The first-order valence-electron chi connectivity index (χ1n) is 7.40. The summed E-state index contributed by atoms with van der Waals surface area (Å²) in [6.45, 7) is 12.9. The van der Waals surface area contributed by atoms with Crippen LogP contribution in [0.2, 0.25) is 0 Å². The summed E-state index contributed by atoms with van der Waals surface area (Å²) in [6.07, 6.45) is 2.31. The lowest BCUT2D eigenvalue weighted by atomic mass is 10.1. The second-order valence-corrected chi connectivity index (χ2v) is 5.47. The summed E-state index contributed by atoms with van der Waals surface area (Å²) in [7, 11) is 0. The molecule has 4 nitrogen and oxygen atoms in total. The van der Waals surface area contributed by atoms with Gasteiger partial charge in [-0.1, -0.05) is 13.3 Å². The Morgan fingerprint density at radius 1 is 1.11 bits per heavy atom. The van der Waals surface area contributed by atoms with Crippen LogP contribution in [-0.4, -0.2) is 41.0 Å². The van der Waals surface area contributed by atoms with Crippen molar-refractivity contribution in [1.82, 2.24) is 20.2 Å². The van der Waals surface area contributed by atoms with Crippen molar-refractivity contribution in [3.63, 3.8) is 0 Å². The summed E-state index contributed by atoms with van der Waals surface area (Å²) in [5, 5.41) is 3.41. The van der Waals surface area contributed by atoms with Gasteiger partial charge >= 0.3 is 0 Å². The maximum atomic E-state index is 4.75. The van der Waals surface area contributed by atoms with E-state index in [0.29, 0.717) is 6.04 Å². The van der Waals surface area contributed by atoms with Crippen molar-refractivity contribution in [2.75, 3.05) is 26.2 Å². The number of rotatable bonds is 4. The molecule has 0 bridgehead atoms. The number of piperazine rings is 1.